The van der Waals surface area contributed by atoms with Gasteiger partial charge in [0.25, 0.3) is 0 Å². The van der Waals surface area contributed by atoms with Gasteiger partial charge in [-0.1, -0.05) is 6.07 Å². The quantitative estimate of drug-likeness (QED) is 0.531. The van der Waals surface area contributed by atoms with Crippen molar-refractivity contribution in [1.29, 1.82) is 0 Å². The van der Waals surface area contributed by atoms with Crippen molar-refractivity contribution >= 4 is 21.1 Å². The number of rotatable bonds is 3. The normalized spacial score (nSPS) is 14.2. The maximum Gasteiger partial charge on any atom is 0.339 e. The highest BCUT2D eigenvalue weighted by molar-refractivity contribution is 7.87. The van der Waals surface area contributed by atoms with Crippen LogP contribution in [0, 0.1) is 0 Å². The van der Waals surface area contributed by atoms with Gasteiger partial charge in [-0.05, 0) is 67.1 Å². The molecule has 0 bridgehead atoms. The third-order valence-electron chi connectivity index (χ3n) is 4.41. The van der Waals surface area contributed by atoms with E-state index in [0.717, 1.165) is 31.2 Å². The molecule has 0 fully saturated rings. The summed E-state index contributed by atoms with van der Waals surface area (Å²) >= 11 is 0. The lowest BCUT2D eigenvalue weighted by Gasteiger charge is -2.16. The van der Waals surface area contributed by atoms with Gasteiger partial charge in [-0.2, -0.15) is 8.42 Å². The Kier molecular flexibility index (Phi) is 3.84. The Morgan fingerprint density at radius 3 is 2.48 bits per heavy atom. The Morgan fingerprint density at radius 2 is 1.64 bits per heavy atom. The van der Waals surface area contributed by atoms with Gasteiger partial charge >= 0.3 is 15.7 Å². The zero-order valence-corrected chi connectivity index (χ0v) is 14.2. The number of fused-ring (bicyclic) bond motifs is 2. The Bertz CT molecular complexity index is 1110. The molecule has 5 nitrogen and oxygen atoms in total. The van der Waals surface area contributed by atoms with Gasteiger partial charge in [0.1, 0.15) is 16.2 Å². The highest BCUT2D eigenvalue weighted by Crippen LogP contribution is 2.27. The molecule has 25 heavy (non-hydrogen) atoms. The first-order chi connectivity index (χ1) is 12.0. The van der Waals surface area contributed by atoms with Crippen LogP contribution in [0.25, 0.3) is 11.0 Å². The molecule has 3 aromatic rings. The number of hydrogen-bond acceptors (Lipinski definition) is 5. The van der Waals surface area contributed by atoms with Crippen molar-refractivity contribution in [3.05, 3.63) is 70.1 Å². The van der Waals surface area contributed by atoms with Gasteiger partial charge in [-0.15, -0.1) is 0 Å². The molecule has 6 heteroatoms. The number of aryl methyl sites for hydroxylation is 2. The summed E-state index contributed by atoms with van der Waals surface area (Å²) in [6.45, 7) is 0. The van der Waals surface area contributed by atoms with Crippen LogP contribution in [0.2, 0.25) is 0 Å². The van der Waals surface area contributed by atoms with E-state index < -0.39 is 15.7 Å². The molecule has 1 aromatic heterocycles. The van der Waals surface area contributed by atoms with Crippen molar-refractivity contribution in [2.75, 3.05) is 0 Å². The van der Waals surface area contributed by atoms with E-state index in [0.29, 0.717) is 5.39 Å². The van der Waals surface area contributed by atoms with Gasteiger partial charge in [0.15, 0.2) is 0 Å². The smallest absolute Gasteiger partial charge is 0.339 e. The average molecular weight is 356 g/mol. The summed E-state index contributed by atoms with van der Waals surface area (Å²) in [5, 5.41) is 0.693. The van der Waals surface area contributed by atoms with Gasteiger partial charge in [0.2, 0.25) is 0 Å². The van der Waals surface area contributed by atoms with Crippen molar-refractivity contribution in [3.63, 3.8) is 0 Å². The van der Waals surface area contributed by atoms with Gasteiger partial charge in [0.05, 0.1) is 0 Å². The van der Waals surface area contributed by atoms with Crippen LogP contribution in [0.1, 0.15) is 24.0 Å². The molecule has 0 radical (unpaired) electrons. The second kappa shape index (κ2) is 6.04. The maximum atomic E-state index is 12.6. The summed E-state index contributed by atoms with van der Waals surface area (Å²) in [4.78, 5) is 11.5. The molecule has 0 atom stereocenters. The van der Waals surface area contributed by atoms with E-state index >= 15 is 0 Å². The van der Waals surface area contributed by atoms with Crippen LogP contribution in [-0.4, -0.2) is 8.42 Å². The average Bonchev–Trinajstić information content (AvgIpc) is 2.60. The first-order valence-electron chi connectivity index (χ1n) is 8.11. The van der Waals surface area contributed by atoms with E-state index in [-0.39, 0.29) is 16.2 Å². The summed E-state index contributed by atoms with van der Waals surface area (Å²) in [6.07, 6.45) is 4.08. The monoisotopic (exact) mass is 356 g/mol. The molecule has 0 unspecified atom stereocenters. The van der Waals surface area contributed by atoms with Crippen LogP contribution >= 0.6 is 0 Å². The molecule has 128 valence electrons. The Morgan fingerprint density at radius 1 is 0.880 bits per heavy atom. The first kappa shape index (κ1) is 15.9. The molecule has 0 saturated carbocycles. The molecular weight excluding hydrogens is 340 g/mol. The molecule has 0 amide bonds. The molecule has 0 N–H and O–H groups in total. The fourth-order valence-electron chi connectivity index (χ4n) is 3.13. The molecule has 4 rings (SSSR count). The fourth-order valence-corrected chi connectivity index (χ4v) is 4.11. The summed E-state index contributed by atoms with van der Waals surface area (Å²) in [6, 6.07) is 12.7. The largest absolute Gasteiger partial charge is 0.423 e. The standard InChI is InChI=1S/C19H16O5S/c20-19-10-7-14-5-8-16(12-18(14)23-19)24-25(21,22)17-9-6-13-3-1-2-4-15(13)11-17/h5-12H,1-4H2. The van der Waals surface area contributed by atoms with E-state index in [1.807, 2.05) is 6.07 Å². The fraction of sp³-hybridized carbons (Fsp3) is 0.211. The Hall–Kier alpha value is -2.60. The van der Waals surface area contributed by atoms with Crippen molar-refractivity contribution in [2.45, 2.75) is 30.6 Å². The molecule has 0 spiro atoms. The SMILES string of the molecule is O=c1ccc2ccc(OS(=O)(=O)c3ccc4c(c3)CCCC4)cc2o1. The van der Waals surface area contributed by atoms with Crippen LogP contribution in [0.3, 0.4) is 0 Å². The lowest BCUT2D eigenvalue weighted by atomic mass is 9.92. The predicted octanol–water partition coefficient (Wildman–Crippen LogP) is 3.44. The highest BCUT2D eigenvalue weighted by Gasteiger charge is 2.20. The molecule has 0 saturated heterocycles. The summed E-state index contributed by atoms with van der Waals surface area (Å²) in [5.74, 6) is 0.111. The lowest BCUT2D eigenvalue weighted by molar-refractivity contribution is 0.484. The Labute approximate surface area is 145 Å². The molecule has 1 aliphatic rings. The maximum absolute atomic E-state index is 12.6. The van der Waals surface area contributed by atoms with Gasteiger partial charge < -0.3 is 8.60 Å². The second-order valence-electron chi connectivity index (χ2n) is 6.13. The number of hydrogen-bond donors (Lipinski definition) is 0. The van der Waals surface area contributed by atoms with Gasteiger partial charge in [0, 0.05) is 17.5 Å². The minimum absolute atomic E-state index is 0.111. The van der Waals surface area contributed by atoms with Crippen molar-refractivity contribution < 1.29 is 17.0 Å². The van der Waals surface area contributed by atoms with Crippen LogP contribution in [-0.2, 0) is 23.0 Å². The van der Waals surface area contributed by atoms with E-state index in [2.05, 4.69) is 0 Å². The van der Waals surface area contributed by atoms with Crippen molar-refractivity contribution in [1.82, 2.24) is 0 Å². The van der Waals surface area contributed by atoms with E-state index in [1.165, 1.54) is 23.8 Å². The third kappa shape index (κ3) is 3.17. The van der Waals surface area contributed by atoms with E-state index in [9.17, 15) is 13.2 Å². The number of benzene rings is 2. The molecule has 1 heterocycles. The van der Waals surface area contributed by atoms with Crippen molar-refractivity contribution in [2.24, 2.45) is 0 Å². The van der Waals surface area contributed by atoms with E-state index in [1.54, 1.807) is 24.3 Å². The topological polar surface area (TPSA) is 73.6 Å². The van der Waals surface area contributed by atoms with Crippen LogP contribution in [0.4, 0.5) is 0 Å². The lowest BCUT2D eigenvalue weighted by Crippen LogP contribution is -2.12. The molecule has 0 aliphatic heterocycles. The molecule has 2 aromatic carbocycles. The van der Waals surface area contributed by atoms with E-state index in [4.69, 9.17) is 8.60 Å². The highest BCUT2D eigenvalue weighted by atomic mass is 32.2. The van der Waals surface area contributed by atoms with Crippen molar-refractivity contribution in [3.8, 4) is 5.75 Å². The Balaban J connectivity index is 1.68. The van der Waals surface area contributed by atoms with Crippen LogP contribution in [0.15, 0.2) is 62.6 Å². The zero-order chi connectivity index (χ0) is 17.4. The summed E-state index contributed by atoms with van der Waals surface area (Å²) < 4.78 is 35.5. The first-order valence-corrected chi connectivity index (χ1v) is 9.52. The molecular formula is C19H16O5S. The summed E-state index contributed by atoms with van der Waals surface area (Å²) in [7, 11) is -3.95. The van der Waals surface area contributed by atoms with Crippen LogP contribution < -0.4 is 9.81 Å². The zero-order valence-electron chi connectivity index (χ0n) is 13.4. The summed E-state index contributed by atoms with van der Waals surface area (Å²) in [5.41, 5.74) is 2.06. The second-order valence-corrected chi connectivity index (χ2v) is 7.68. The van der Waals surface area contributed by atoms with Crippen LogP contribution in [0.5, 0.6) is 5.75 Å². The molecule has 1 aliphatic carbocycles. The third-order valence-corrected chi connectivity index (χ3v) is 5.65. The minimum atomic E-state index is -3.95. The minimum Gasteiger partial charge on any atom is -0.423 e. The predicted molar refractivity (Wildman–Crippen MR) is 93.4 cm³/mol. The van der Waals surface area contributed by atoms with Gasteiger partial charge in [-0.25, -0.2) is 4.79 Å². The van der Waals surface area contributed by atoms with Gasteiger partial charge in [-0.3, -0.25) is 0 Å².